The molecule has 0 spiro atoms. The second-order valence-electron chi connectivity index (χ2n) is 4.05. The second-order valence-corrected chi connectivity index (χ2v) is 4.05. The van der Waals surface area contributed by atoms with Crippen LogP contribution in [-0.4, -0.2) is 32.8 Å². The van der Waals surface area contributed by atoms with E-state index in [9.17, 15) is 9.59 Å². The minimum absolute atomic E-state index is 0.0651. The lowest BCUT2D eigenvalue weighted by Crippen LogP contribution is -2.11. The fourth-order valence-electron chi connectivity index (χ4n) is 1.80. The molecule has 106 valence electrons. The van der Waals surface area contributed by atoms with Crippen molar-refractivity contribution in [3.05, 3.63) is 23.3 Å². The van der Waals surface area contributed by atoms with E-state index in [4.69, 9.17) is 14.2 Å². The van der Waals surface area contributed by atoms with Crippen LogP contribution in [0.15, 0.2) is 17.7 Å². The highest BCUT2D eigenvalue weighted by atomic mass is 16.7. The first-order valence-electron chi connectivity index (χ1n) is 5.85. The molecule has 0 aromatic heterocycles. The van der Waals surface area contributed by atoms with Crippen molar-refractivity contribution in [2.24, 2.45) is 0 Å². The maximum atomic E-state index is 11.6. The lowest BCUT2D eigenvalue weighted by atomic mass is 10.1. The van der Waals surface area contributed by atoms with Gasteiger partial charge in [0, 0.05) is 11.6 Å². The summed E-state index contributed by atoms with van der Waals surface area (Å²) < 4.78 is 20.3. The molecule has 0 amide bonds. The minimum atomic E-state index is -0.697. The first-order valence-corrected chi connectivity index (χ1v) is 5.85. The van der Waals surface area contributed by atoms with Crippen molar-refractivity contribution >= 4 is 17.8 Å². The molecule has 6 nitrogen and oxygen atoms in total. The van der Waals surface area contributed by atoms with Crippen LogP contribution in [0.1, 0.15) is 12.5 Å². The van der Waals surface area contributed by atoms with Crippen LogP contribution < -0.4 is 14.2 Å². The molecular formula is C14H14O6. The molecule has 1 aliphatic heterocycles. The van der Waals surface area contributed by atoms with Crippen molar-refractivity contribution in [3.63, 3.8) is 0 Å². The molecule has 1 aromatic rings. The van der Waals surface area contributed by atoms with Crippen molar-refractivity contribution in [1.82, 2.24) is 0 Å². The first kappa shape index (κ1) is 13.9. The summed E-state index contributed by atoms with van der Waals surface area (Å²) in [5.74, 6) is 0.469. The number of ether oxygens (including phenoxy) is 4. The Morgan fingerprint density at radius 1 is 1.20 bits per heavy atom. The Morgan fingerprint density at radius 3 is 2.40 bits per heavy atom. The fraction of sp³-hybridized carbons (Fsp3) is 0.286. The van der Waals surface area contributed by atoms with E-state index in [0.29, 0.717) is 22.8 Å². The Labute approximate surface area is 115 Å². The maximum absolute atomic E-state index is 11.6. The van der Waals surface area contributed by atoms with Crippen LogP contribution in [0.2, 0.25) is 0 Å². The topological polar surface area (TPSA) is 71.1 Å². The molecule has 0 atom stereocenters. The monoisotopic (exact) mass is 278 g/mol. The van der Waals surface area contributed by atoms with Gasteiger partial charge in [-0.05, 0) is 19.1 Å². The predicted molar refractivity (Wildman–Crippen MR) is 69.8 cm³/mol. The molecule has 1 heterocycles. The van der Waals surface area contributed by atoms with Gasteiger partial charge in [-0.25, -0.2) is 4.79 Å². The van der Waals surface area contributed by atoms with Crippen molar-refractivity contribution in [2.75, 3.05) is 21.0 Å². The number of esters is 1. The highest BCUT2D eigenvalue weighted by molar-refractivity contribution is 6.19. The van der Waals surface area contributed by atoms with Crippen LogP contribution in [-0.2, 0) is 14.3 Å². The lowest BCUT2D eigenvalue weighted by Gasteiger charge is -2.08. The van der Waals surface area contributed by atoms with Gasteiger partial charge in [0.15, 0.2) is 17.3 Å². The zero-order valence-corrected chi connectivity index (χ0v) is 11.4. The highest BCUT2D eigenvalue weighted by Crippen LogP contribution is 2.38. The van der Waals surface area contributed by atoms with Gasteiger partial charge < -0.3 is 18.9 Å². The number of methoxy groups -OCH3 is 2. The van der Waals surface area contributed by atoms with Gasteiger partial charge in [-0.1, -0.05) is 0 Å². The van der Waals surface area contributed by atoms with Crippen molar-refractivity contribution in [2.45, 2.75) is 6.92 Å². The summed E-state index contributed by atoms with van der Waals surface area (Å²) in [6.45, 7) is 1.42. The summed E-state index contributed by atoms with van der Waals surface area (Å²) in [5, 5.41) is 0. The normalized spacial score (nSPS) is 13.1. The summed E-state index contributed by atoms with van der Waals surface area (Å²) in [5.41, 5.74) is 0.469. The van der Waals surface area contributed by atoms with Crippen LogP contribution in [0.3, 0.4) is 0 Å². The molecule has 20 heavy (non-hydrogen) atoms. The number of rotatable bonds is 4. The summed E-state index contributed by atoms with van der Waals surface area (Å²) in [6, 6.07) is 3.29. The Balaban J connectivity index is 2.50. The third-order valence-electron chi connectivity index (χ3n) is 2.81. The summed E-state index contributed by atoms with van der Waals surface area (Å²) in [7, 11) is 2.70. The molecule has 0 fully saturated rings. The molecule has 0 aliphatic carbocycles. The summed E-state index contributed by atoms with van der Waals surface area (Å²) in [6.07, 6.45) is 1.41. The first-order chi connectivity index (χ1) is 9.56. The molecular weight excluding hydrogens is 264 g/mol. The molecule has 2 rings (SSSR count). The average Bonchev–Trinajstić information content (AvgIpc) is 2.89. The minimum Gasteiger partial charge on any atom is -0.496 e. The van der Waals surface area contributed by atoms with E-state index in [1.807, 2.05) is 0 Å². The Bertz CT molecular complexity index is 588. The van der Waals surface area contributed by atoms with Crippen molar-refractivity contribution in [1.29, 1.82) is 0 Å². The zero-order chi connectivity index (χ0) is 14.7. The van der Waals surface area contributed by atoms with Gasteiger partial charge in [-0.15, -0.1) is 0 Å². The largest absolute Gasteiger partial charge is 0.496 e. The van der Waals surface area contributed by atoms with E-state index >= 15 is 0 Å². The number of ketones is 1. The molecule has 0 bridgehead atoms. The molecule has 0 radical (unpaired) electrons. The third-order valence-corrected chi connectivity index (χ3v) is 2.81. The number of Topliss-reactive ketones (excluding diaryl/α,β-unsaturated/α-hetero) is 1. The van der Waals surface area contributed by atoms with Crippen molar-refractivity contribution in [3.8, 4) is 17.2 Å². The number of carbonyl (C=O) groups excluding carboxylic acids is 2. The molecule has 0 saturated carbocycles. The third kappa shape index (κ3) is 2.59. The van der Waals surface area contributed by atoms with Crippen LogP contribution in [0.5, 0.6) is 17.2 Å². The van der Waals surface area contributed by atoms with Gasteiger partial charge in [0.1, 0.15) is 11.3 Å². The quantitative estimate of drug-likeness (QED) is 0.360. The summed E-state index contributed by atoms with van der Waals surface area (Å²) in [4.78, 5) is 23.1. The van der Waals surface area contributed by atoms with E-state index < -0.39 is 11.8 Å². The zero-order valence-electron chi connectivity index (χ0n) is 11.4. The van der Waals surface area contributed by atoms with Gasteiger partial charge >= 0.3 is 5.97 Å². The molecule has 6 heteroatoms. The lowest BCUT2D eigenvalue weighted by molar-refractivity contribution is -0.137. The van der Waals surface area contributed by atoms with Crippen LogP contribution in [0.4, 0.5) is 0 Å². The SMILES string of the molecule is COC(=O)C(=Cc1cc2c(cc1OC)OCO2)C(C)=O. The van der Waals surface area contributed by atoms with Gasteiger partial charge in [0.2, 0.25) is 6.79 Å². The molecule has 0 saturated heterocycles. The van der Waals surface area contributed by atoms with Gasteiger partial charge in [-0.3, -0.25) is 4.79 Å². The number of hydrogen-bond donors (Lipinski definition) is 0. The maximum Gasteiger partial charge on any atom is 0.341 e. The smallest absolute Gasteiger partial charge is 0.341 e. The van der Waals surface area contributed by atoms with Gasteiger partial charge in [0.25, 0.3) is 0 Å². The molecule has 0 N–H and O–H groups in total. The van der Waals surface area contributed by atoms with Crippen molar-refractivity contribution < 1.29 is 28.5 Å². The number of carbonyl (C=O) groups is 2. The highest BCUT2D eigenvalue weighted by Gasteiger charge is 2.20. The predicted octanol–water partition coefficient (Wildman–Crippen LogP) is 1.57. The van der Waals surface area contributed by atoms with Gasteiger partial charge in [0.05, 0.1) is 14.2 Å². The van der Waals surface area contributed by atoms with Gasteiger partial charge in [-0.2, -0.15) is 0 Å². The number of fused-ring (bicyclic) bond motifs is 1. The number of benzene rings is 1. The van der Waals surface area contributed by atoms with E-state index in [-0.39, 0.29) is 12.4 Å². The molecule has 0 unspecified atom stereocenters. The van der Waals surface area contributed by atoms with Crippen LogP contribution in [0.25, 0.3) is 6.08 Å². The van der Waals surface area contributed by atoms with Crippen LogP contribution in [0, 0.1) is 0 Å². The van der Waals surface area contributed by atoms with Crippen LogP contribution >= 0.6 is 0 Å². The Morgan fingerprint density at radius 2 is 1.85 bits per heavy atom. The Hall–Kier alpha value is -2.50. The van der Waals surface area contributed by atoms with E-state index in [1.165, 1.54) is 27.2 Å². The molecule has 1 aromatic carbocycles. The average molecular weight is 278 g/mol. The molecule has 1 aliphatic rings. The fourth-order valence-corrected chi connectivity index (χ4v) is 1.80. The van der Waals surface area contributed by atoms with E-state index in [1.54, 1.807) is 12.1 Å². The Kier molecular flexibility index (Phi) is 3.93. The number of hydrogen-bond acceptors (Lipinski definition) is 6. The van der Waals surface area contributed by atoms with E-state index in [0.717, 1.165) is 0 Å². The standard InChI is InChI=1S/C14H14O6/c1-8(15)10(14(16)18-3)4-9-5-12-13(20-7-19-12)6-11(9)17-2/h4-6H,7H2,1-3H3. The second kappa shape index (κ2) is 5.64. The summed E-state index contributed by atoms with van der Waals surface area (Å²) >= 11 is 0. The van der Waals surface area contributed by atoms with E-state index in [2.05, 4.69) is 4.74 Å².